The Morgan fingerprint density at radius 3 is 2.50 bits per heavy atom. The summed E-state index contributed by atoms with van der Waals surface area (Å²) in [6, 6.07) is 5.70. The van der Waals surface area contributed by atoms with Crippen molar-refractivity contribution in [1.82, 2.24) is 4.90 Å². The van der Waals surface area contributed by atoms with E-state index in [1.807, 2.05) is 11.8 Å². The molecule has 6 heteroatoms. The molecular formula is C20H33NO5. The number of benzene rings is 1. The van der Waals surface area contributed by atoms with Crippen LogP contribution in [0.15, 0.2) is 18.2 Å². The molecule has 0 amide bonds. The molecule has 1 aliphatic rings. The summed E-state index contributed by atoms with van der Waals surface area (Å²) >= 11 is 0. The monoisotopic (exact) mass is 367 g/mol. The fourth-order valence-corrected chi connectivity index (χ4v) is 3.45. The zero-order valence-corrected chi connectivity index (χ0v) is 15.8. The summed E-state index contributed by atoms with van der Waals surface area (Å²) in [6.45, 7) is 5.53. The Labute approximate surface area is 156 Å². The molecule has 1 fully saturated rings. The fraction of sp³-hybridized carbons (Fsp3) is 0.700. The second-order valence-corrected chi connectivity index (χ2v) is 7.33. The van der Waals surface area contributed by atoms with E-state index in [0.717, 1.165) is 37.0 Å². The van der Waals surface area contributed by atoms with E-state index in [9.17, 15) is 20.4 Å². The van der Waals surface area contributed by atoms with Gasteiger partial charge in [-0.1, -0.05) is 25.0 Å². The molecule has 0 aromatic heterocycles. The van der Waals surface area contributed by atoms with E-state index in [1.54, 1.807) is 0 Å². The Bertz CT molecular complexity index is 553. The first-order chi connectivity index (χ1) is 12.4. The third-order valence-corrected chi connectivity index (χ3v) is 5.16. The minimum atomic E-state index is -1.19. The second-order valence-electron chi connectivity index (χ2n) is 7.33. The molecule has 1 aliphatic heterocycles. The lowest BCUT2D eigenvalue weighted by atomic mass is 9.94. The van der Waals surface area contributed by atoms with Gasteiger partial charge in [0.2, 0.25) is 0 Å². The van der Waals surface area contributed by atoms with Crippen LogP contribution in [0.4, 0.5) is 0 Å². The minimum Gasteiger partial charge on any atom is -0.493 e. The number of β-amino-alcohol motifs (C(OH)–C–C–N with tert-alkyl or cyclic N) is 1. The van der Waals surface area contributed by atoms with Crippen molar-refractivity contribution < 1.29 is 25.2 Å². The lowest BCUT2D eigenvalue weighted by Gasteiger charge is -2.43. The zero-order valence-electron chi connectivity index (χ0n) is 15.8. The van der Waals surface area contributed by atoms with Crippen LogP contribution in [0.2, 0.25) is 0 Å². The normalized spacial score (nSPS) is 26.8. The second kappa shape index (κ2) is 10.2. The highest BCUT2D eigenvalue weighted by molar-refractivity contribution is 5.35. The summed E-state index contributed by atoms with van der Waals surface area (Å²) < 4.78 is 5.85. The zero-order chi connectivity index (χ0) is 19.1. The van der Waals surface area contributed by atoms with E-state index < -0.39 is 24.4 Å². The van der Waals surface area contributed by atoms with Crippen molar-refractivity contribution in [3.05, 3.63) is 29.3 Å². The van der Waals surface area contributed by atoms with E-state index in [4.69, 9.17) is 4.74 Å². The first kappa shape index (κ1) is 21.1. The van der Waals surface area contributed by atoms with Gasteiger partial charge >= 0.3 is 0 Å². The van der Waals surface area contributed by atoms with Crippen molar-refractivity contribution >= 4 is 0 Å². The number of unbranched alkanes of at least 4 members (excludes halogenated alkanes) is 3. The third kappa shape index (κ3) is 5.66. The largest absolute Gasteiger partial charge is 0.493 e. The lowest BCUT2D eigenvalue weighted by Crippen LogP contribution is -2.62. The first-order valence-corrected chi connectivity index (χ1v) is 9.53. The van der Waals surface area contributed by atoms with Gasteiger partial charge in [0.25, 0.3) is 0 Å². The quantitative estimate of drug-likeness (QED) is 0.487. The number of hydrogen-bond donors (Lipinski definition) is 4. The molecule has 0 unspecified atom stereocenters. The van der Waals surface area contributed by atoms with E-state index in [-0.39, 0.29) is 13.2 Å². The van der Waals surface area contributed by atoms with E-state index in [0.29, 0.717) is 13.2 Å². The molecule has 0 saturated carbocycles. The Morgan fingerprint density at radius 2 is 1.77 bits per heavy atom. The number of aliphatic hydroxyl groups is 4. The van der Waals surface area contributed by atoms with Gasteiger partial charge in [-0.05, 0) is 50.4 Å². The summed E-state index contributed by atoms with van der Waals surface area (Å²) in [7, 11) is 0. The van der Waals surface area contributed by atoms with Crippen LogP contribution >= 0.6 is 0 Å². The maximum absolute atomic E-state index is 9.97. The molecule has 1 heterocycles. The van der Waals surface area contributed by atoms with Gasteiger partial charge in [0.15, 0.2) is 0 Å². The molecule has 1 aromatic carbocycles. The van der Waals surface area contributed by atoms with Crippen LogP contribution in [-0.2, 0) is 0 Å². The Balaban J connectivity index is 1.63. The molecule has 0 aliphatic carbocycles. The molecular weight excluding hydrogens is 334 g/mol. The van der Waals surface area contributed by atoms with Gasteiger partial charge in [-0.15, -0.1) is 0 Å². The Kier molecular flexibility index (Phi) is 8.31. The Hall–Kier alpha value is -1.18. The smallest absolute Gasteiger partial charge is 0.122 e. The van der Waals surface area contributed by atoms with Gasteiger partial charge in [-0.2, -0.15) is 0 Å². The highest BCUT2D eigenvalue weighted by Gasteiger charge is 2.40. The molecule has 26 heavy (non-hydrogen) atoms. The van der Waals surface area contributed by atoms with Crippen LogP contribution < -0.4 is 4.74 Å². The standard InChI is InChI=1S/C20H33NO5/c1-14-7-8-15(2)18(11-14)26-10-6-4-3-5-9-21-12-17(23)20(25)19(24)16(21)13-22/h7-8,11,16-17,19-20,22-25H,3-6,9-10,12-13H2,1-2H3/t16-,17+,19-,20-/m1/s1. The Morgan fingerprint density at radius 1 is 1.04 bits per heavy atom. The number of rotatable bonds is 9. The highest BCUT2D eigenvalue weighted by Crippen LogP contribution is 2.21. The van der Waals surface area contributed by atoms with Gasteiger partial charge in [0.05, 0.1) is 25.4 Å². The molecule has 148 valence electrons. The summed E-state index contributed by atoms with van der Waals surface area (Å²) in [4.78, 5) is 1.87. The summed E-state index contributed by atoms with van der Waals surface area (Å²) in [6.07, 6.45) is 0.658. The topological polar surface area (TPSA) is 93.4 Å². The molecule has 0 radical (unpaired) electrons. The molecule has 0 spiro atoms. The maximum Gasteiger partial charge on any atom is 0.122 e. The molecule has 2 rings (SSSR count). The number of aliphatic hydroxyl groups excluding tert-OH is 4. The highest BCUT2D eigenvalue weighted by atomic mass is 16.5. The maximum atomic E-state index is 9.97. The number of piperidine rings is 1. The van der Waals surface area contributed by atoms with E-state index in [1.165, 1.54) is 5.56 Å². The van der Waals surface area contributed by atoms with Crippen molar-refractivity contribution in [2.75, 3.05) is 26.3 Å². The van der Waals surface area contributed by atoms with Gasteiger partial charge < -0.3 is 25.2 Å². The average Bonchev–Trinajstić information content (AvgIpc) is 2.62. The van der Waals surface area contributed by atoms with Crippen LogP contribution in [0.1, 0.15) is 36.8 Å². The van der Waals surface area contributed by atoms with Crippen molar-refractivity contribution in [1.29, 1.82) is 0 Å². The molecule has 1 saturated heterocycles. The number of likely N-dealkylation sites (tertiary alicyclic amines) is 1. The predicted molar refractivity (Wildman–Crippen MR) is 100 cm³/mol. The number of aryl methyl sites for hydroxylation is 2. The van der Waals surface area contributed by atoms with Crippen molar-refractivity contribution in [2.24, 2.45) is 0 Å². The summed E-state index contributed by atoms with van der Waals surface area (Å²) in [5, 5.41) is 38.9. The van der Waals surface area contributed by atoms with Crippen LogP contribution in [-0.4, -0.2) is 76.0 Å². The molecule has 6 nitrogen and oxygen atoms in total. The van der Waals surface area contributed by atoms with Gasteiger partial charge in [0, 0.05) is 6.54 Å². The van der Waals surface area contributed by atoms with E-state index >= 15 is 0 Å². The van der Waals surface area contributed by atoms with Gasteiger partial charge in [0.1, 0.15) is 18.0 Å². The predicted octanol–water partition coefficient (Wildman–Crippen LogP) is 1.00. The minimum absolute atomic E-state index is 0.228. The van der Waals surface area contributed by atoms with Crippen molar-refractivity contribution in [3.8, 4) is 5.75 Å². The molecule has 1 aromatic rings. The summed E-state index contributed by atoms with van der Waals surface area (Å²) in [5.41, 5.74) is 2.34. The SMILES string of the molecule is Cc1ccc(C)c(OCCCCCCN2C[C@H](O)[C@@H](O)[C@H](O)[C@H]2CO)c1. The third-order valence-electron chi connectivity index (χ3n) is 5.16. The van der Waals surface area contributed by atoms with Crippen LogP contribution in [0.3, 0.4) is 0 Å². The van der Waals surface area contributed by atoms with Gasteiger partial charge in [-0.3, -0.25) is 4.90 Å². The number of ether oxygens (including phenoxy) is 1. The average molecular weight is 367 g/mol. The fourth-order valence-electron chi connectivity index (χ4n) is 3.45. The van der Waals surface area contributed by atoms with E-state index in [2.05, 4.69) is 25.1 Å². The number of hydrogen-bond acceptors (Lipinski definition) is 6. The van der Waals surface area contributed by atoms with Crippen LogP contribution in [0.5, 0.6) is 5.75 Å². The molecule has 0 bridgehead atoms. The van der Waals surface area contributed by atoms with Crippen LogP contribution in [0, 0.1) is 13.8 Å². The van der Waals surface area contributed by atoms with Crippen molar-refractivity contribution in [3.63, 3.8) is 0 Å². The van der Waals surface area contributed by atoms with Gasteiger partial charge in [-0.25, -0.2) is 0 Å². The first-order valence-electron chi connectivity index (χ1n) is 9.53. The molecule has 4 N–H and O–H groups in total. The van der Waals surface area contributed by atoms with Crippen LogP contribution in [0.25, 0.3) is 0 Å². The number of nitrogens with zero attached hydrogens (tertiary/aromatic N) is 1. The summed E-state index contributed by atoms with van der Waals surface area (Å²) in [5.74, 6) is 0.950. The lowest BCUT2D eigenvalue weighted by molar-refractivity contribution is -0.145. The van der Waals surface area contributed by atoms with Crippen molar-refractivity contribution in [2.45, 2.75) is 63.9 Å². The molecule has 4 atom stereocenters.